The summed E-state index contributed by atoms with van der Waals surface area (Å²) in [6.07, 6.45) is 1.12. The van der Waals surface area contributed by atoms with Crippen molar-refractivity contribution in [2.24, 2.45) is 4.99 Å². The van der Waals surface area contributed by atoms with Gasteiger partial charge in [0.05, 0.1) is 25.4 Å². The number of anilines is 1. The summed E-state index contributed by atoms with van der Waals surface area (Å²) in [6, 6.07) is 8.85. The first-order valence-electron chi connectivity index (χ1n) is 9.60. The van der Waals surface area contributed by atoms with Gasteiger partial charge in [-0.2, -0.15) is 0 Å². The Labute approximate surface area is 188 Å². The molecule has 0 radical (unpaired) electrons. The molecule has 0 saturated carbocycles. The number of aliphatic imine (C=N–C) groups is 1. The first-order chi connectivity index (χ1) is 12.8. The predicted octanol–water partition coefficient (Wildman–Crippen LogP) is 2.53. The second-order valence-corrected chi connectivity index (χ2v) is 7.60. The average molecular weight is 552 g/mol. The normalized spacial score (nSPS) is 21.0. The Balaban J connectivity index is 0.00000261. The zero-order valence-electron chi connectivity index (χ0n) is 16.0. The van der Waals surface area contributed by atoms with E-state index in [1.165, 1.54) is 5.69 Å². The fraction of sp³-hybridized carbons (Fsp3) is 0.632. The van der Waals surface area contributed by atoms with Crippen molar-refractivity contribution in [3.05, 3.63) is 28.7 Å². The maximum atomic E-state index is 5.40. The Kier molecular flexibility index (Phi) is 10.2. The lowest BCUT2D eigenvalue weighted by molar-refractivity contribution is 0.0394. The molecule has 2 N–H and O–H groups in total. The van der Waals surface area contributed by atoms with Gasteiger partial charge >= 0.3 is 0 Å². The average Bonchev–Trinajstić information content (AvgIpc) is 3.11. The molecule has 2 aliphatic rings. The summed E-state index contributed by atoms with van der Waals surface area (Å²) in [6.45, 7) is 10.6. The number of morpholine rings is 1. The Morgan fingerprint density at radius 3 is 2.78 bits per heavy atom. The van der Waals surface area contributed by atoms with Crippen LogP contribution in [0.2, 0.25) is 0 Å². The van der Waals surface area contributed by atoms with E-state index in [9.17, 15) is 0 Å². The summed E-state index contributed by atoms with van der Waals surface area (Å²) in [4.78, 5) is 9.62. The number of rotatable bonds is 6. The van der Waals surface area contributed by atoms with Gasteiger partial charge in [-0.1, -0.05) is 12.1 Å². The van der Waals surface area contributed by atoms with E-state index in [4.69, 9.17) is 9.73 Å². The molecule has 0 aliphatic carbocycles. The smallest absolute Gasteiger partial charge is 0.191 e. The molecule has 2 aliphatic heterocycles. The third kappa shape index (κ3) is 7.07. The van der Waals surface area contributed by atoms with Gasteiger partial charge in [0.15, 0.2) is 5.96 Å². The van der Waals surface area contributed by atoms with Crippen LogP contribution in [0.4, 0.5) is 5.69 Å². The molecule has 1 aromatic rings. The third-order valence-electron chi connectivity index (χ3n) is 4.86. The predicted molar refractivity (Wildman–Crippen MR) is 127 cm³/mol. The standard InChI is InChI=1S/C19H30BrN5O.HI/c1-2-21-19(22-8-10-24-11-13-26-14-12-24)23-16-7-9-25(15-16)18-6-4-3-5-17(18)20;/h3-6,16H,2,7-15H2,1H3,(H2,21,22,23);1H. The molecule has 0 bridgehead atoms. The molecule has 152 valence electrons. The molecule has 27 heavy (non-hydrogen) atoms. The van der Waals surface area contributed by atoms with E-state index in [2.05, 4.69) is 67.6 Å². The van der Waals surface area contributed by atoms with E-state index in [0.29, 0.717) is 6.04 Å². The monoisotopic (exact) mass is 551 g/mol. The molecule has 1 atom stereocenters. The zero-order valence-corrected chi connectivity index (χ0v) is 19.9. The van der Waals surface area contributed by atoms with Crippen LogP contribution >= 0.6 is 39.9 Å². The van der Waals surface area contributed by atoms with Crippen molar-refractivity contribution in [2.75, 3.05) is 63.9 Å². The number of nitrogens with one attached hydrogen (secondary N) is 2. The van der Waals surface area contributed by atoms with E-state index in [1.54, 1.807) is 0 Å². The number of nitrogens with zero attached hydrogens (tertiary/aromatic N) is 3. The molecule has 2 saturated heterocycles. The molecule has 2 heterocycles. The summed E-state index contributed by atoms with van der Waals surface area (Å²) in [5.74, 6) is 0.930. The number of hydrogen-bond donors (Lipinski definition) is 2. The number of benzene rings is 1. The first-order valence-corrected chi connectivity index (χ1v) is 10.4. The molecule has 0 aromatic heterocycles. The van der Waals surface area contributed by atoms with Crippen molar-refractivity contribution in [1.82, 2.24) is 15.5 Å². The first kappa shape index (κ1) is 22.7. The lowest BCUT2D eigenvalue weighted by atomic mass is 10.3. The second-order valence-electron chi connectivity index (χ2n) is 6.74. The van der Waals surface area contributed by atoms with Gasteiger partial charge in [-0.05, 0) is 41.4 Å². The highest BCUT2D eigenvalue weighted by atomic mass is 127. The van der Waals surface area contributed by atoms with Crippen molar-refractivity contribution in [3.63, 3.8) is 0 Å². The quantitative estimate of drug-likeness (QED) is 0.323. The third-order valence-corrected chi connectivity index (χ3v) is 5.53. The maximum absolute atomic E-state index is 5.40. The number of halogens is 2. The minimum Gasteiger partial charge on any atom is -0.379 e. The molecule has 1 unspecified atom stereocenters. The molecular formula is C19H31BrIN5O. The number of para-hydroxylation sites is 1. The van der Waals surface area contributed by atoms with E-state index in [-0.39, 0.29) is 24.0 Å². The Morgan fingerprint density at radius 1 is 1.26 bits per heavy atom. The van der Waals surface area contributed by atoms with Crippen molar-refractivity contribution in [2.45, 2.75) is 19.4 Å². The summed E-state index contributed by atoms with van der Waals surface area (Å²) in [7, 11) is 0. The minimum absolute atomic E-state index is 0. The molecule has 0 amide bonds. The van der Waals surface area contributed by atoms with Crippen LogP contribution in [0.5, 0.6) is 0 Å². The van der Waals surface area contributed by atoms with Gasteiger partial charge in [0.25, 0.3) is 0 Å². The van der Waals surface area contributed by atoms with Gasteiger partial charge in [-0.25, -0.2) is 0 Å². The van der Waals surface area contributed by atoms with Crippen LogP contribution < -0.4 is 15.5 Å². The second kappa shape index (κ2) is 12.1. The van der Waals surface area contributed by atoms with Crippen LogP contribution in [0.1, 0.15) is 13.3 Å². The van der Waals surface area contributed by atoms with E-state index < -0.39 is 0 Å². The number of ether oxygens (including phenoxy) is 1. The van der Waals surface area contributed by atoms with Crippen LogP contribution in [-0.2, 0) is 4.74 Å². The topological polar surface area (TPSA) is 52.1 Å². The molecule has 8 heteroatoms. The van der Waals surface area contributed by atoms with Crippen LogP contribution in [0.3, 0.4) is 0 Å². The van der Waals surface area contributed by atoms with Gasteiger partial charge in [-0.15, -0.1) is 24.0 Å². The Morgan fingerprint density at radius 2 is 2.04 bits per heavy atom. The van der Waals surface area contributed by atoms with Crippen LogP contribution in [-0.4, -0.2) is 75.9 Å². The maximum Gasteiger partial charge on any atom is 0.191 e. The fourth-order valence-electron chi connectivity index (χ4n) is 3.45. The van der Waals surface area contributed by atoms with Crippen molar-refractivity contribution in [1.29, 1.82) is 0 Å². The van der Waals surface area contributed by atoms with Gasteiger partial charge in [-0.3, -0.25) is 9.89 Å². The van der Waals surface area contributed by atoms with Crippen molar-refractivity contribution >= 4 is 51.6 Å². The molecule has 3 rings (SSSR count). The lowest BCUT2D eigenvalue weighted by Gasteiger charge is -2.26. The summed E-state index contributed by atoms with van der Waals surface area (Å²) in [5.41, 5.74) is 1.27. The highest BCUT2D eigenvalue weighted by Gasteiger charge is 2.24. The highest BCUT2D eigenvalue weighted by Crippen LogP contribution is 2.28. The van der Waals surface area contributed by atoms with Crippen LogP contribution in [0.15, 0.2) is 33.7 Å². The van der Waals surface area contributed by atoms with Crippen molar-refractivity contribution < 1.29 is 4.74 Å². The van der Waals surface area contributed by atoms with E-state index in [0.717, 1.165) is 75.9 Å². The van der Waals surface area contributed by atoms with Gasteiger partial charge < -0.3 is 20.3 Å². The van der Waals surface area contributed by atoms with Crippen molar-refractivity contribution in [3.8, 4) is 0 Å². The van der Waals surface area contributed by atoms with Crippen LogP contribution in [0, 0.1) is 0 Å². The molecule has 1 aromatic carbocycles. The summed E-state index contributed by atoms with van der Waals surface area (Å²) >= 11 is 3.66. The molecule has 2 fully saturated rings. The zero-order chi connectivity index (χ0) is 18.2. The van der Waals surface area contributed by atoms with Crippen LogP contribution in [0.25, 0.3) is 0 Å². The molecular weight excluding hydrogens is 521 g/mol. The fourth-order valence-corrected chi connectivity index (χ4v) is 3.98. The van der Waals surface area contributed by atoms with Gasteiger partial charge in [0.1, 0.15) is 0 Å². The largest absolute Gasteiger partial charge is 0.379 e. The van der Waals surface area contributed by atoms with E-state index in [1.807, 2.05) is 0 Å². The Bertz CT molecular complexity index is 597. The Hall–Kier alpha value is -0.580. The van der Waals surface area contributed by atoms with Gasteiger partial charge in [0, 0.05) is 49.8 Å². The molecule has 0 spiro atoms. The summed E-state index contributed by atoms with van der Waals surface area (Å²) < 4.78 is 6.56. The molecule has 6 nitrogen and oxygen atoms in total. The number of hydrogen-bond acceptors (Lipinski definition) is 4. The number of guanidine groups is 1. The van der Waals surface area contributed by atoms with E-state index >= 15 is 0 Å². The summed E-state index contributed by atoms with van der Waals surface area (Å²) in [5, 5.41) is 6.99. The SMILES string of the molecule is CCNC(=NCCN1CCOCC1)NC1CCN(c2ccccc2Br)C1.I. The minimum atomic E-state index is 0. The van der Waals surface area contributed by atoms with Gasteiger partial charge in [0.2, 0.25) is 0 Å². The highest BCUT2D eigenvalue weighted by molar-refractivity contribution is 14.0. The lowest BCUT2D eigenvalue weighted by Crippen LogP contribution is -2.45.